The number of hydrogen-bond donors (Lipinski definition) is 0. The molecule has 0 bridgehead atoms. The number of likely N-dealkylation sites (tertiary alicyclic amines) is 1. The molecule has 128 valence electrons. The van der Waals surface area contributed by atoms with Crippen LogP contribution in [0.15, 0.2) is 30.3 Å². The largest absolute Gasteiger partial charge is 0.444 e. The van der Waals surface area contributed by atoms with Gasteiger partial charge < -0.3 is 9.64 Å². The molecule has 1 aliphatic rings. The molecule has 1 amide bonds. The Morgan fingerprint density at radius 1 is 1.30 bits per heavy atom. The summed E-state index contributed by atoms with van der Waals surface area (Å²) >= 11 is 0. The van der Waals surface area contributed by atoms with E-state index in [1.54, 1.807) is 4.90 Å². The molecule has 1 aliphatic heterocycles. The molecule has 0 spiro atoms. The highest BCUT2D eigenvalue weighted by Gasteiger charge is 2.33. The average molecular weight is 318 g/mol. The van der Waals surface area contributed by atoms with Crippen LogP contribution >= 0.6 is 0 Å². The van der Waals surface area contributed by atoms with E-state index in [2.05, 4.69) is 36.1 Å². The predicted molar refractivity (Wildman–Crippen MR) is 93.3 cm³/mol. The molecule has 1 heterocycles. The number of piperidine rings is 1. The van der Waals surface area contributed by atoms with Crippen molar-refractivity contribution in [2.24, 2.45) is 5.92 Å². The number of rotatable bonds is 3. The molecule has 23 heavy (non-hydrogen) atoms. The fourth-order valence-electron chi connectivity index (χ4n) is 3.07. The van der Waals surface area contributed by atoms with Gasteiger partial charge in [0.15, 0.2) is 0 Å². The molecule has 1 saturated heterocycles. The Morgan fingerprint density at radius 2 is 1.96 bits per heavy atom. The standard InChI is InChI=1S/C19H30N2O2/c1-15-11-12-21(13-16-9-7-6-8-10-16)14-17(15)20(5)18(22)23-19(2,3)4/h6-10,15,17H,11-14H2,1-5H3. The second kappa shape index (κ2) is 7.35. The van der Waals surface area contributed by atoms with E-state index in [-0.39, 0.29) is 12.1 Å². The van der Waals surface area contributed by atoms with Gasteiger partial charge in [0.2, 0.25) is 0 Å². The maximum absolute atomic E-state index is 12.4. The van der Waals surface area contributed by atoms with Crippen LogP contribution < -0.4 is 0 Å². The summed E-state index contributed by atoms with van der Waals surface area (Å²) in [6, 6.07) is 10.7. The number of amides is 1. The number of carbonyl (C=O) groups is 1. The first-order valence-electron chi connectivity index (χ1n) is 8.48. The van der Waals surface area contributed by atoms with Gasteiger partial charge in [-0.05, 0) is 45.2 Å². The zero-order valence-corrected chi connectivity index (χ0v) is 15.1. The van der Waals surface area contributed by atoms with Gasteiger partial charge in [0.25, 0.3) is 0 Å². The monoisotopic (exact) mass is 318 g/mol. The molecule has 0 saturated carbocycles. The molecule has 0 N–H and O–H groups in total. The minimum Gasteiger partial charge on any atom is -0.444 e. The van der Waals surface area contributed by atoms with Crippen molar-refractivity contribution in [3.05, 3.63) is 35.9 Å². The van der Waals surface area contributed by atoms with E-state index in [4.69, 9.17) is 4.74 Å². The van der Waals surface area contributed by atoms with Crippen LogP contribution in [-0.4, -0.2) is 47.7 Å². The van der Waals surface area contributed by atoms with E-state index in [0.29, 0.717) is 5.92 Å². The van der Waals surface area contributed by atoms with Crippen molar-refractivity contribution in [3.63, 3.8) is 0 Å². The Bertz CT molecular complexity index is 510. The number of likely N-dealkylation sites (N-methyl/N-ethyl adjacent to an activating group) is 1. The van der Waals surface area contributed by atoms with Crippen LogP contribution in [0.4, 0.5) is 4.79 Å². The normalized spacial score (nSPS) is 22.7. The third-order valence-corrected chi connectivity index (χ3v) is 4.43. The fourth-order valence-corrected chi connectivity index (χ4v) is 3.07. The van der Waals surface area contributed by atoms with Crippen molar-refractivity contribution in [3.8, 4) is 0 Å². The lowest BCUT2D eigenvalue weighted by molar-refractivity contribution is 0.00366. The van der Waals surface area contributed by atoms with Gasteiger partial charge in [-0.25, -0.2) is 4.79 Å². The molecule has 4 nitrogen and oxygen atoms in total. The van der Waals surface area contributed by atoms with Crippen molar-refractivity contribution in [1.29, 1.82) is 0 Å². The summed E-state index contributed by atoms with van der Waals surface area (Å²) in [4.78, 5) is 16.6. The molecular weight excluding hydrogens is 288 g/mol. The quantitative estimate of drug-likeness (QED) is 0.850. The highest BCUT2D eigenvalue weighted by atomic mass is 16.6. The summed E-state index contributed by atoms with van der Waals surface area (Å²) in [5.41, 5.74) is 0.869. The maximum atomic E-state index is 12.4. The predicted octanol–water partition coefficient (Wildman–Crippen LogP) is 3.76. The van der Waals surface area contributed by atoms with E-state index < -0.39 is 5.60 Å². The Morgan fingerprint density at radius 3 is 2.57 bits per heavy atom. The minimum atomic E-state index is -0.451. The first-order valence-corrected chi connectivity index (χ1v) is 8.48. The molecule has 0 aliphatic carbocycles. The summed E-state index contributed by atoms with van der Waals surface area (Å²) < 4.78 is 5.52. The van der Waals surface area contributed by atoms with Crippen molar-refractivity contribution >= 4 is 6.09 Å². The van der Waals surface area contributed by atoms with E-state index >= 15 is 0 Å². The molecule has 4 heteroatoms. The van der Waals surface area contributed by atoms with Gasteiger partial charge in [-0.2, -0.15) is 0 Å². The molecule has 1 aromatic carbocycles. The zero-order valence-electron chi connectivity index (χ0n) is 15.1. The topological polar surface area (TPSA) is 32.8 Å². The van der Waals surface area contributed by atoms with Gasteiger partial charge in [-0.3, -0.25) is 4.90 Å². The molecule has 1 fully saturated rings. The highest BCUT2D eigenvalue weighted by molar-refractivity contribution is 5.68. The lowest BCUT2D eigenvalue weighted by Crippen LogP contribution is -2.53. The molecular formula is C19H30N2O2. The van der Waals surface area contributed by atoms with Crippen LogP contribution in [0.5, 0.6) is 0 Å². The van der Waals surface area contributed by atoms with Gasteiger partial charge in [0.05, 0.1) is 6.04 Å². The Kier molecular flexibility index (Phi) is 5.69. The summed E-state index contributed by atoms with van der Waals surface area (Å²) in [5.74, 6) is 0.486. The molecule has 0 radical (unpaired) electrons. The average Bonchev–Trinajstić information content (AvgIpc) is 2.48. The van der Waals surface area contributed by atoms with Crippen molar-refractivity contribution in [2.45, 2.75) is 52.3 Å². The van der Waals surface area contributed by atoms with Gasteiger partial charge in [-0.1, -0.05) is 37.3 Å². The van der Waals surface area contributed by atoms with Crippen LogP contribution in [0, 0.1) is 5.92 Å². The van der Waals surface area contributed by atoms with Crippen LogP contribution in [0.1, 0.15) is 39.7 Å². The summed E-state index contributed by atoms with van der Waals surface area (Å²) in [7, 11) is 1.86. The van der Waals surface area contributed by atoms with Crippen LogP contribution in [0.25, 0.3) is 0 Å². The lowest BCUT2D eigenvalue weighted by atomic mass is 9.92. The minimum absolute atomic E-state index is 0.197. The van der Waals surface area contributed by atoms with Crippen molar-refractivity contribution < 1.29 is 9.53 Å². The van der Waals surface area contributed by atoms with Crippen LogP contribution in [0.3, 0.4) is 0 Å². The Labute approximate surface area is 140 Å². The van der Waals surface area contributed by atoms with Gasteiger partial charge >= 0.3 is 6.09 Å². The van der Waals surface area contributed by atoms with E-state index in [1.165, 1.54) is 5.56 Å². The smallest absolute Gasteiger partial charge is 0.410 e. The molecule has 2 unspecified atom stereocenters. The summed E-state index contributed by atoms with van der Waals surface area (Å²) in [6.07, 6.45) is 0.876. The highest BCUT2D eigenvalue weighted by Crippen LogP contribution is 2.24. The zero-order chi connectivity index (χ0) is 17.0. The number of hydrogen-bond acceptors (Lipinski definition) is 3. The van der Waals surface area contributed by atoms with Crippen molar-refractivity contribution in [2.75, 3.05) is 20.1 Å². The lowest BCUT2D eigenvalue weighted by Gasteiger charge is -2.41. The SMILES string of the molecule is CC1CCN(Cc2ccccc2)CC1N(C)C(=O)OC(C)(C)C. The third-order valence-electron chi connectivity index (χ3n) is 4.43. The second-order valence-electron chi connectivity index (χ2n) is 7.65. The fraction of sp³-hybridized carbons (Fsp3) is 0.632. The summed E-state index contributed by atoms with van der Waals surface area (Å²) in [5, 5.41) is 0. The molecule has 1 aromatic rings. The van der Waals surface area contributed by atoms with Gasteiger partial charge in [0, 0.05) is 20.1 Å². The summed E-state index contributed by atoms with van der Waals surface area (Å²) in [6.45, 7) is 10.9. The van der Waals surface area contributed by atoms with E-state index in [0.717, 1.165) is 26.1 Å². The van der Waals surface area contributed by atoms with Gasteiger partial charge in [-0.15, -0.1) is 0 Å². The third kappa shape index (κ3) is 5.24. The molecule has 2 atom stereocenters. The number of benzene rings is 1. The van der Waals surface area contributed by atoms with Crippen molar-refractivity contribution in [1.82, 2.24) is 9.80 Å². The number of ether oxygens (including phenoxy) is 1. The number of carbonyl (C=O) groups excluding carboxylic acids is 1. The van der Waals surface area contributed by atoms with E-state index in [9.17, 15) is 4.79 Å². The van der Waals surface area contributed by atoms with Gasteiger partial charge in [0.1, 0.15) is 5.60 Å². The second-order valence-corrected chi connectivity index (χ2v) is 7.65. The molecule has 2 rings (SSSR count). The Hall–Kier alpha value is -1.55. The first kappa shape index (κ1) is 17.8. The van der Waals surface area contributed by atoms with Crippen LogP contribution in [-0.2, 0) is 11.3 Å². The number of nitrogens with zero attached hydrogens (tertiary/aromatic N) is 2. The maximum Gasteiger partial charge on any atom is 0.410 e. The first-order chi connectivity index (χ1) is 10.8. The van der Waals surface area contributed by atoms with E-state index in [1.807, 2.05) is 33.9 Å². The molecule has 0 aromatic heterocycles. The van der Waals surface area contributed by atoms with Crippen LogP contribution in [0.2, 0.25) is 0 Å². The Balaban J connectivity index is 1.98.